The van der Waals surface area contributed by atoms with E-state index in [-0.39, 0.29) is 0 Å². The molecule has 1 aliphatic rings. The van der Waals surface area contributed by atoms with Gasteiger partial charge >= 0.3 is 0 Å². The van der Waals surface area contributed by atoms with Gasteiger partial charge in [-0.3, -0.25) is 0 Å². The van der Waals surface area contributed by atoms with Crippen molar-refractivity contribution >= 4 is 23.4 Å². The van der Waals surface area contributed by atoms with Crippen molar-refractivity contribution in [3.05, 3.63) is 41.2 Å². The van der Waals surface area contributed by atoms with E-state index in [9.17, 15) is 0 Å². The number of thioether (sulfide) groups is 1. The number of hydrogen-bond acceptors (Lipinski definition) is 5. The van der Waals surface area contributed by atoms with Gasteiger partial charge in [0.1, 0.15) is 6.33 Å². The van der Waals surface area contributed by atoms with E-state index in [4.69, 9.17) is 21.1 Å². The van der Waals surface area contributed by atoms with Gasteiger partial charge in [-0.25, -0.2) is 0 Å². The zero-order chi connectivity index (χ0) is 14.0. The molecule has 1 aromatic heterocycles. The van der Waals surface area contributed by atoms with E-state index in [1.165, 1.54) is 0 Å². The normalized spacial score (nSPS) is 17.5. The van der Waals surface area contributed by atoms with E-state index < -0.39 is 5.79 Å². The van der Waals surface area contributed by atoms with Gasteiger partial charge in [0.2, 0.25) is 5.79 Å². The van der Waals surface area contributed by atoms with Gasteiger partial charge in [-0.05, 0) is 12.1 Å². The zero-order valence-electron chi connectivity index (χ0n) is 11.0. The van der Waals surface area contributed by atoms with Crippen molar-refractivity contribution in [1.29, 1.82) is 0 Å². The highest BCUT2D eigenvalue weighted by molar-refractivity contribution is 7.99. The third kappa shape index (κ3) is 2.69. The van der Waals surface area contributed by atoms with Crippen LogP contribution in [0.25, 0.3) is 0 Å². The van der Waals surface area contributed by atoms with Crippen LogP contribution in [0, 0.1) is 0 Å². The van der Waals surface area contributed by atoms with Crippen LogP contribution in [-0.2, 0) is 22.3 Å². The van der Waals surface area contributed by atoms with Crippen molar-refractivity contribution in [1.82, 2.24) is 14.8 Å². The molecule has 0 unspecified atom stereocenters. The Morgan fingerprint density at radius 3 is 2.60 bits per heavy atom. The summed E-state index contributed by atoms with van der Waals surface area (Å²) in [6, 6.07) is 7.56. The van der Waals surface area contributed by atoms with Gasteiger partial charge in [0.25, 0.3) is 0 Å². The fraction of sp³-hybridized carbons (Fsp3) is 0.385. The Hall–Kier alpha value is -1.08. The molecule has 0 N–H and O–H groups in total. The van der Waals surface area contributed by atoms with Crippen molar-refractivity contribution in [2.45, 2.75) is 10.9 Å². The lowest BCUT2D eigenvalue weighted by molar-refractivity contribution is -0.145. The molecule has 0 bridgehead atoms. The second-order valence-corrected chi connectivity index (χ2v) is 5.85. The fourth-order valence-electron chi connectivity index (χ4n) is 2.05. The van der Waals surface area contributed by atoms with Crippen LogP contribution in [-0.4, -0.2) is 33.7 Å². The second kappa shape index (κ2) is 5.73. The maximum absolute atomic E-state index is 5.93. The number of rotatable bonds is 4. The largest absolute Gasteiger partial charge is 0.343 e. The fourth-order valence-corrected chi connectivity index (χ4v) is 3.19. The molecule has 0 atom stereocenters. The van der Waals surface area contributed by atoms with Gasteiger partial charge in [0.05, 0.1) is 19.0 Å². The second-order valence-electron chi connectivity index (χ2n) is 4.47. The maximum Gasteiger partial charge on any atom is 0.204 e. The molecule has 1 aliphatic heterocycles. The van der Waals surface area contributed by atoms with E-state index in [2.05, 4.69) is 10.2 Å². The first-order valence-electron chi connectivity index (χ1n) is 6.20. The number of aryl methyl sites for hydroxylation is 1. The molecule has 1 aromatic carbocycles. The van der Waals surface area contributed by atoms with E-state index in [0.717, 1.165) is 10.7 Å². The summed E-state index contributed by atoms with van der Waals surface area (Å²) in [7, 11) is 1.91. The summed E-state index contributed by atoms with van der Waals surface area (Å²) >= 11 is 7.49. The van der Waals surface area contributed by atoms with Crippen LogP contribution in [0.15, 0.2) is 35.7 Å². The molecular formula is C13H14ClN3O2S. The molecule has 0 spiro atoms. The summed E-state index contributed by atoms with van der Waals surface area (Å²) in [4.78, 5) is 0. The number of benzene rings is 1. The Labute approximate surface area is 126 Å². The molecular weight excluding hydrogens is 298 g/mol. The smallest absolute Gasteiger partial charge is 0.204 e. The molecule has 0 aliphatic carbocycles. The highest BCUT2D eigenvalue weighted by Gasteiger charge is 2.39. The average molecular weight is 312 g/mol. The lowest BCUT2D eigenvalue weighted by Crippen LogP contribution is -2.30. The van der Waals surface area contributed by atoms with Crippen LogP contribution in [0.4, 0.5) is 0 Å². The minimum atomic E-state index is -0.735. The number of aromatic nitrogens is 3. The molecule has 1 fully saturated rings. The van der Waals surface area contributed by atoms with Crippen LogP contribution >= 0.6 is 23.4 Å². The van der Waals surface area contributed by atoms with Gasteiger partial charge in [0, 0.05) is 17.6 Å². The number of halogens is 1. The van der Waals surface area contributed by atoms with Crippen LogP contribution in [0.2, 0.25) is 5.02 Å². The Balaban J connectivity index is 1.81. The van der Waals surface area contributed by atoms with Gasteiger partial charge in [-0.1, -0.05) is 35.5 Å². The van der Waals surface area contributed by atoms with E-state index in [1.807, 2.05) is 35.9 Å². The van der Waals surface area contributed by atoms with Gasteiger partial charge in [-0.2, -0.15) is 0 Å². The Kier molecular flexibility index (Phi) is 3.98. The van der Waals surface area contributed by atoms with Gasteiger partial charge in [-0.15, -0.1) is 10.2 Å². The lowest BCUT2D eigenvalue weighted by Gasteiger charge is -2.27. The van der Waals surface area contributed by atoms with Gasteiger partial charge < -0.3 is 14.0 Å². The quantitative estimate of drug-likeness (QED) is 0.812. The van der Waals surface area contributed by atoms with E-state index in [1.54, 1.807) is 18.1 Å². The van der Waals surface area contributed by atoms with E-state index >= 15 is 0 Å². The molecule has 5 nitrogen and oxygen atoms in total. The Morgan fingerprint density at radius 2 is 2.00 bits per heavy atom. The lowest BCUT2D eigenvalue weighted by atomic mass is 10.1. The maximum atomic E-state index is 5.93. The van der Waals surface area contributed by atoms with Gasteiger partial charge in [0.15, 0.2) is 5.16 Å². The molecule has 3 rings (SSSR count). The zero-order valence-corrected chi connectivity index (χ0v) is 12.5. The Bertz CT molecular complexity index is 582. The molecule has 106 valence electrons. The predicted molar refractivity (Wildman–Crippen MR) is 76.8 cm³/mol. The highest BCUT2D eigenvalue weighted by Crippen LogP contribution is 2.36. The summed E-state index contributed by atoms with van der Waals surface area (Å²) in [6.45, 7) is 1.17. The minimum absolute atomic E-state index is 0.585. The summed E-state index contributed by atoms with van der Waals surface area (Å²) in [5.41, 5.74) is 0.967. The van der Waals surface area contributed by atoms with Crippen molar-refractivity contribution < 1.29 is 9.47 Å². The monoisotopic (exact) mass is 311 g/mol. The van der Waals surface area contributed by atoms with Crippen molar-refractivity contribution in [2.24, 2.45) is 7.05 Å². The molecule has 0 amide bonds. The summed E-state index contributed by atoms with van der Waals surface area (Å²) in [6.07, 6.45) is 1.67. The van der Waals surface area contributed by atoms with E-state index in [0.29, 0.717) is 24.0 Å². The predicted octanol–water partition coefficient (Wildman–Crippen LogP) is 2.46. The molecule has 20 heavy (non-hydrogen) atoms. The summed E-state index contributed by atoms with van der Waals surface area (Å²) in [5, 5.41) is 9.45. The SMILES string of the molecule is Cn1cnnc1SCC1(c2ccc(Cl)cc2)OCCO1. The summed E-state index contributed by atoms with van der Waals surface area (Å²) < 4.78 is 13.6. The average Bonchev–Trinajstić information content (AvgIpc) is 3.07. The minimum Gasteiger partial charge on any atom is -0.343 e. The Morgan fingerprint density at radius 1 is 1.30 bits per heavy atom. The molecule has 2 heterocycles. The first-order valence-corrected chi connectivity index (χ1v) is 7.57. The van der Waals surface area contributed by atoms with Crippen molar-refractivity contribution in [3.63, 3.8) is 0 Å². The molecule has 1 saturated heterocycles. The number of nitrogens with zero attached hydrogens (tertiary/aromatic N) is 3. The highest BCUT2D eigenvalue weighted by atomic mass is 35.5. The number of ether oxygens (including phenoxy) is 2. The van der Waals surface area contributed by atoms with Crippen LogP contribution in [0.3, 0.4) is 0 Å². The molecule has 2 aromatic rings. The standard InChI is InChI=1S/C13H14ClN3O2S/c1-17-9-15-16-12(17)20-8-13(18-6-7-19-13)10-2-4-11(14)5-3-10/h2-5,9H,6-8H2,1H3. The van der Waals surface area contributed by atoms with Crippen molar-refractivity contribution in [2.75, 3.05) is 19.0 Å². The summed E-state index contributed by atoms with van der Waals surface area (Å²) in [5.74, 6) is -0.123. The topological polar surface area (TPSA) is 49.2 Å². The third-order valence-corrected chi connectivity index (χ3v) is 4.50. The molecule has 0 radical (unpaired) electrons. The van der Waals surface area contributed by atoms with Crippen LogP contribution in [0.5, 0.6) is 0 Å². The molecule has 0 saturated carbocycles. The van der Waals surface area contributed by atoms with Crippen molar-refractivity contribution in [3.8, 4) is 0 Å². The number of hydrogen-bond donors (Lipinski definition) is 0. The van der Waals surface area contributed by atoms with Crippen LogP contribution in [0.1, 0.15) is 5.56 Å². The molecule has 7 heteroatoms. The first kappa shape index (κ1) is 13.9. The van der Waals surface area contributed by atoms with Crippen LogP contribution < -0.4 is 0 Å². The first-order chi connectivity index (χ1) is 9.70. The third-order valence-electron chi connectivity index (χ3n) is 3.10.